The van der Waals surface area contributed by atoms with Crippen LogP contribution in [0.1, 0.15) is 25.7 Å². The van der Waals surface area contributed by atoms with Crippen LogP contribution in [0.3, 0.4) is 0 Å². The van der Waals surface area contributed by atoms with Gasteiger partial charge in [0.25, 0.3) is 0 Å². The largest absolute Gasteiger partial charge is 0.487 e. The highest BCUT2D eigenvalue weighted by atomic mass is 35.5. The van der Waals surface area contributed by atoms with Crippen LogP contribution in [0.5, 0.6) is 5.75 Å². The molecule has 1 fully saturated rings. The van der Waals surface area contributed by atoms with E-state index in [0.29, 0.717) is 11.6 Å². The molecule has 1 aromatic carbocycles. The van der Waals surface area contributed by atoms with E-state index in [9.17, 15) is 0 Å². The van der Waals surface area contributed by atoms with Crippen LogP contribution in [0, 0.1) is 11.6 Å². The summed E-state index contributed by atoms with van der Waals surface area (Å²) in [5, 5.41) is 18.9. The number of aromatic nitrogens is 7. The Labute approximate surface area is 224 Å². The Morgan fingerprint density at radius 2 is 1.81 bits per heavy atom. The maximum Gasteiger partial charge on any atom is 0.202 e. The second kappa shape index (κ2) is 11.8. The number of benzene rings is 1. The minimum atomic E-state index is -1.12. The molecule has 0 radical (unpaired) electrons. The molecule has 0 unspecified atom stereocenters. The Morgan fingerprint density at radius 3 is 2.49 bits per heavy atom. The van der Waals surface area contributed by atoms with Gasteiger partial charge < -0.3 is 15.8 Å². The summed E-state index contributed by atoms with van der Waals surface area (Å²) >= 11 is 0. The zero-order valence-electron chi connectivity index (χ0n) is 20.1. The van der Waals surface area contributed by atoms with Gasteiger partial charge in [-0.2, -0.15) is 14.2 Å². The van der Waals surface area contributed by atoms with Gasteiger partial charge >= 0.3 is 0 Å². The number of hydrogen-bond acceptors (Lipinski definition) is 8. The summed E-state index contributed by atoms with van der Waals surface area (Å²) in [4.78, 5) is 4.23. The SMILES string of the molecule is CNC1CCC(Oc2ccc(-n3nnnc3-c3cc(-c4cnn(C)c4)cnc3N)c(F)c2F)CC1.Cl.Cl. The van der Waals surface area contributed by atoms with Gasteiger partial charge in [0, 0.05) is 36.6 Å². The predicted molar refractivity (Wildman–Crippen MR) is 139 cm³/mol. The van der Waals surface area contributed by atoms with E-state index in [2.05, 4.69) is 30.9 Å². The molecule has 0 spiro atoms. The molecule has 1 saturated carbocycles. The molecule has 0 amide bonds. The van der Waals surface area contributed by atoms with Crippen LogP contribution >= 0.6 is 24.8 Å². The van der Waals surface area contributed by atoms with Crippen LogP contribution in [-0.2, 0) is 7.05 Å². The van der Waals surface area contributed by atoms with E-state index in [1.54, 1.807) is 30.2 Å². The molecule has 37 heavy (non-hydrogen) atoms. The number of pyridine rings is 1. The van der Waals surface area contributed by atoms with Crippen molar-refractivity contribution in [2.45, 2.75) is 37.8 Å². The van der Waals surface area contributed by atoms with Crippen molar-refractivity contribution in [2.24, 2.45) is 7.05 Å². The van der Waals surface area contributed by atoms with Gasteiger partial charge in [0.15, 0.2) is 17.4 Å². The number of hydrogen-bond donors (Lipinski definition) is 2. The van der Waals surface area contributed by atoms with E-state index >= 15 is 8.78 Å². The zero-order chi connectivity index (χ0) is 24.5. The third-order valence-corrected chi connectivity index (χ3v) is 6.30. The molecule has 0 bridgehead atoms. The summed E-state index contributed by atoms with van der Waals surface area (Å²) in [6.07, 6.45) is 8.31. The van der Waals surface area contributed by atoms with Gasteiger partial charge in [-0.25, -0.2) is 9.37 Å². The minimum absolute atomic E-state index is 0. The summed E-state index contributed by atoms with van der Waals surface area (Å²) in [5.41, 5.74) is 7.83. The molecule has 3 heterocycles. The fourth-order valence-corrected chi connectivity index (χ4v) is 4.32. The van der Waals surface area contributed by atoms with Gasteiger partial charge in [-0.1, -0.05) is 0 Å². The summed E-state index contributed by atoms with van der Waals surface area (Å²) in [5.74, 6) is -2.07. The number of anilines is 1. The number of rotatable bonds is 6. The summed E-state index contributed by atoms with van der Waals surface area (Å²) in [6.45, 7) is 0. The maximum absolute atomic E-state index is 15.2. The normalized spacial score (nSPS) is 17.1. The van der Waals surface area contributed by atoms with Crippen molar-refractivity contribution in [2.75, 3.05) is 12.8 Å². The third kappa shape index (κ3) is 5.65. The lowest BCUT2D eigenvalue weighted by molar-refractivity contribution is 0.135. The van der Waals surface area contributed by atoms with Crippen LogP contribution in [0.4, 0.5) is 14.6 Å². The van der Waals surface area contributed by atoms with Crippen LogP contribution in [0.2, 0.25) is 0 Å². The Hall–Kier alpha value is -3.35. The average Bonchev–Trinajstić information content (AvgIpc) is 3.52. The molecule has 0 aliphatic heterocycles. The van der Waals surface area contributed by atoms with Crippen LogP contribution in [-0.4, -0.2) is 54.2 Å². The van der Waals surface area contributed by atoms with Crippen molar-refractivity contribution in [3.05, 3.63) is 48.4 Å². The Balaban J connectivity index is 0.00000190. The first-order valence-corrected chi connectivity index (χ1v) is 11.3. The molecule has 0 saturated heterocycles. The Bertz CT molecular complexity index is 1360. The topological polar surface area (TPSA) is 122 Å². The van der Waals surface area contributed by atoms with E-state index in [0.717, 1.165) is 41.5 Å². The van der Waals surface area contributed by atoms with E-state index in [-0.39, 0.29) is 54.0 Å². The number of nitrogens with zero attached hydrogens (tertiary/aromatic N) is 7. The lowest BCUT2D eigenvalue weighted by Gasteiger charge is -2.28. The van der Waals surface area contributed by atoms with E-state index < -0.39 is 11.6 Å². The van der Waals surface area contributed by atoms with Crippen molar-refractivity contribution in [1.29, 1.82) is 0 Å². The molecule has 1 aliphatic carbocycles. The number of halogens is 4. The van der Waals surface area contributed by atoms with E-state index in [1.165, 1.54) is 12.1 Å². The minimum Gasteiger partial charge on any atom is -0.487 e. The molecule has 14 heteroatoms. The Morgan fingerprint density at radius 1 is 1.05 bits per heavy atom. The molecule has 4 aromatic rings. The second-order valence-electron chi connectivity index (χ2n) is 8.56. The lowest BCUT2D eigenvalue weighted by atomic mass is 9.93. The summed E-state index contributed by atoms with van der Waals surface area (Å²) < 4.78 is 38.8. The number of aryl methyl sites for hydroxylation is 1. The van der Waals surface area contributed by atoms with Crippen LogP contribution < -0.4 is 15.8 Å². The smallest absolute Gasteiger partial charge is 0.202 e. The van der Waals surface area contributed by atoms with Crippen molar-refractivity contribution >= 4 is 30.6 Å². The molecule has 3 aromatic heterocycles. The van der Waals surface area contributed by atoms with Gasteiger partial charge in [-0.05, 0) is 61.4 Å². The number of ether oxygens (including phenoxy) is 1. The van der Waals surface area contributed by atoms with Crippen LogP contribution in [0.15, 0.2) is 36.8 Å². The predicted octanol–water partition coefficient (Wildman–Crippen LogP) is 3.74. The first-order chi connectivity index (χ1) is 16.9. The molecule has 1 aliphatic rings. The Kier molecular flexibility index (Phi) is 9.00. The summed E-state index contributed by atoms with van der Waals surface area (Å²) in [7, 11) is 3.72. The molecule has 0 atom stereocenters. The van der Waals surface area contributed by atoms with E-state index in [4.69, 9.17) is 10.5 Å². The second-order valence-corrected chi connectivity index (χ2v) is 8.56. The highest BCUT2D eigenvalue weighted by Crippen LogP contribution is 2.32. The molecular weight excluding hydrogens is 527 g/mol. The van der Waals surface area contributed by atoms with Crippen LogP contribution in [0.25, 0.3) is 28.2 Å². The number of tetrazole rings is 1. The molecule has 5 rings (SSSR count). The van der Waals surface area contributed by atoms with Gasteiger partial charge in [0.2, 0.25) is 5.82 Å². The fraction of sp³-hybridized carbons (Fsp3) is 0.348. The standard InChI is InChI=1S/C23H25F2N9O.2ClH/c1-27-15-3-5-16(6-4-15)35-19-8-7-18(20(24)21(19)25)34-23(30-31-32-34)17-9-13(10-28-22(17)26)14-11-29-33(2)12-14;;/h7-12,15-16,27H,3-6H2,1-2H3,(H2,26,28);2*1H. The van der Waals surface area contributed by atoms with Crippen molar-refractivity contribution in [3.63, 3.8) is 0 Å². The number of nitrogens with two attached hydrogens (primary N) is 1. The fourth-order valence-electron chi connectivity index (χ4n) is 4.32. The van der Waals surface area contributed by atoms with Crippen molar-refractivity contribution in [3.8, 4) is 34.0 Å². The average molecular weight is 554 g/mol. The quantitative estimate of drug-likeness (QED) is 0.370. The monoisotopic (exact) mass is 553 g/mol. The van der Waals surface area contributed by atoms with E-state index in [1.807, 2.05) is 13.2 Å². The molecule has 10 nitrogen and oxygen atoms in total. The van der Waals surface area contributed by atoms with Crippen molar-refractivity contribution < 1.29 is 13.5 Å². The first kappa shape index (κ1) is 28.2. The molecular formula is C23H27Cl2F2N9O. The first-order valence-electron chi connectivity index (χ1n) is 11.3. The maximum atomic E-state index is 15.2. The molecule has 3 N–H and O–H groups in total. The lowest BCUT2D eigenvalue weighted by Crippen LogP contribution is -2.34. The number of nitrogens with one attached hydrogen (secondary N) is 1. The highest BCUT2D eigenvalue weighted by Gasteiger charge is 2.25. The van der Waals surface area contributed by atoms with Gasteiger partial charge in [0.05, 0.1) is 17.9 Å². The molecule has 198 valence electrons. The van der Waals surface area contributed by atoms with Crippen molar-refractivity contribution in [1.82, 2.24) is 40.3 Å². The highest BCUT2D eigenvalue weighted by molar-refractivity contribution is 5.85. The van der Waals surface area contributed by atoms with Gasteiger partial charge in [-0.3, -0.25) is 4.68 Å². The summed E-state index contributed by atoms with van der Waals surface area (Å²) in [6, 6.07) is 4.95. The third-order valence-electron chi connectivity index (χ3n) is 6.30. The van der Waals surface area contributed by atoms with Gasteiger partial charge in [-0.15, -0.1) is 29.9 Å². The number of nitrogen functional groups attached to an aromatic ring is 1. The zero-order valence-corrected chi connectivity index (χ0v) is 21.8. The van der Waals surface area contributed by atoms with Gasteiger partial charge in [0.1, 0.15) is 11.5 Å².